The molecule has 0 fully saturated rings. The molecular weight excluding hydrogens is 379 g/mol. The van der Waals surface area contributed by atoms with Crippen molar-refractivity contribution in [2.24, 2.45) is 0 Å². The van der Waals surface area contributed by atoms with E-state index in [1.807, 2.05) is 0 Å². The van der Waals surface area contributed by atoms with Gasteiger partial charge in [0, 0.05) is 0 Å². The number of rotatable bonds is 0. The van der Waals surface area contributed by atoms with Crippen LogP contribution in [0.25, 0.3) is 0 Å². The van der Waals surface area contributed by atoms with Gasteiger partial charge in [0.15, 0.2) is 0 Å². The molecule has 0 amide bonds. The Morgan fingerprint density at radius 3 is 0.800 bits per heavy atom. The summed E-state index contributed by atoms with van der Waals surface area (Å²) in [5, 5.41) is 0. The fourth-order valence-corrected chi connectivity index (χ4v) is 0. The molecule has 33 valence electrons. The average molecular weight is 379 g/mol. The summed E-state index contributed by atoms with van der Waals surface area (Å²) in [7, 11) is 20.2. The Morgan fingerprint density at radius 2 is 0.800 bits per heavy atom. The van der Waals surface area contributed by atoms with Crippen molar-refractivity contribution in [1.82, 2.24) is 0 Å². The molecule has 5 heteroatoms. The minimum atomic E-state index is -3.41. The van der Waals surface area contributed by atoms with E-state index in [1.54, 1.807) is 0 Å². The van der Waals surface area contributed by atoms with Gasteiger partial charge in [-0.2, -0.15) is 0 Å². The maximum atomic E-state index is 5.05. The van der Waals surface area contributed by atoms with E-state index in [0.717, 1.165) is 0 Å². The predicted molar refractivity (Wildman–Crippen MR) is 23.4 cm³/mol. The first-order chi connectivity index (χ1) is 2.00. The Kier molecular flexibility index (Phi) is 3.55. The molecule has 0 aliphatic rings. The Bertz CT molecular complexity index is 19.1. The Hall–Kier alpha value is 2.17. The van der Waals surface area contributed by atoms with Gasteiger partial charge >= 0.3 is 49.5 Å². The quantitative estimate of drug-likeness (QED) is 0.608. The molecule has 0 aromatic carbocycles. The van der Waals surface area contributed by atoms with Gasteiger partial charge in [-0.05, 0) is 0 Å². The molecule has 0 aromatic heterocycles. The predicted octanol–water partition coefficient (Wildman–Crippen LogP) is 2.76. The van der Waals surface area contributed by atoms with Crippen molar-refractivity contribution in [1.29, 1.82) is 0 Å². The molecule has 5 heavy (non-hydrogen) atoms. The van der Waals surface area contributed by atoms with Crippen LogP contribution in [0, 0.1) is 18.2 Å². The van der Waals surface area contributed by atoms with E-state index < -0.39 is 18.2 Å². The molecule has 0 aromatic rings. The van der Waals surface area contributed by atoms with Crippen molar-refractivity contribution >= 4 is 31.3 Å². The van der Waals surface area contributed by atoms with E-state index in [1.165, 1.54) is 0 Å². The van der Waals surface area contributed by atoms with Gasteiger partial charge in [-0.3, -0.25) is 0 Å². The standard InChI is InChI=1S/4ClH.Np/h4*1H;/q;;;;+4/p-4. The molecule has 0 heterocycles. The van der Waals surface area contributed by atoms with Crippen LogP contribution in [-0.4, -0.2) is 0 Å². The minimum absolute atomic E-state index is 3.41. The van der Waals surface area contributed by atoms with Crippen LogP contribution >= 0.6 is 31.3 Å². The summed E-state index contributed by atoms with van der Waals surface area (Å²) in [5.74, 6) is 0. The van der Waals surface area contributed by atoms with Crippen LogP contribution in [0.3, 0.4) is 0 Å². The first-order valence-corrected chi connectivity index (χ1v) is 18.9. The van der Waals surface area contributed by atoms with Crippen LogP contribution in [0.1, 0.15) is 0 Å². The summed E-state index contributed by atoms with van der Waals surface area (Å²) in [6.45, 7) is 0. The Balaban J connectivity index is 3.02. The zero-order valence-electron chi connectivity index (χ0n) is 1.96. The number of hydrogen-bond acceptors (Lipinski definition) is 0. The number of halogens is 4. The van der Waals surface area contributed by atoms with Crippen molar-refractivity contribution < 1.29 is 18.2 Å². The fraction of sp³-hybridized carbons (Fsp3) is 0. The van der Waals surface area contributed by atoms with Gasteiger partial charge < -0.3 is 0 Å². The molecule has 0 saturated carbocycles. The third-order valence-corrected chi connectivity index (χ3v) is 0. The van der Waals surface area contributed by atoms with Crippen LogP contribution in [0.2, 0.25) is 0 Å². The van der Waals surface area contributed by atoms with E-state index >= 15 is 0 Å². The van der Waals surface area contributed by atoms with E-state index in [4.69, 9.17) is 31.3 Å². The summed E-state index contributed by atoms with van der Waals surface area (Å²) in [6.07, 6.45) is 0. The van der Waals surface area contributed by atoms with Crippen LogP contribution in [-0.2, 0) is 0 Å². The fourth-order valence-electron chi connectivity index (χ4n) is 0. The van der Waals surface area contributed by atoms with Crippen molar-refractivity contribution in [3.05, 3.63) is 0 Å². The summed E-state index contributed by atoms with van der Waals surface area (Å²) in [5.41, 5.74) is 0. The monoisotopic (exact) mass is 376 g/mol. The van der Waals surface area contributed by atoms with E-state index in [2.05, 4.69) is 0 Å². The molecule has 0 rings (SSSR count). The normalized spacial score (nSPS) is 12.0. The molecule has 0 atom stereocenters. The summed E-state index contributed by atoms with van der Waals surface area (Å²) in [6, 6.07) is 0. The SMILES string of the molecule is [Cl][Np]([Cl])([Cl])[Cl]. The molecule has 0 nitrogen and oxygen atoms in total. The molecular formula is Cl4Np. The van der Waals surface area contributed by atoms with E-state index in [-0.39, 0.29) is 0 Å². The second-order valence-corrected chi connectivity index (χ2v) is 32.2. The third kappa shape index (κ3) is 22.8. The van der Waals surface area contributed by atoms with Crippen molar-refractivity contribution in [2.75, 3.05) is 0 Å². The molecule has 0 N–H and O–H groups in total. The first-order valence-electron chi connectivity index (χ1n) is 0.676. The van der Waals surface area contributed by atoms with Gasteiger partial charge in [0.2, 0.25) is 0 Å². The zero-order valence-corrected chi connectivity index (χ0v) is 8.71. The third-order valence-electron chi connectivity index (χ3n) is 0. The zero-order chi connectivity index (χ0) is 4.50. The van der Waals surface area contributed by atoms with Crippen molar-refractivity contribution in [2.45, 2.75) is 0 Å². The summed E-state index contributed by atoms with van der Waals surface area (Å²) in [4.78, 5) is 0. The van der Waals surface area contributed by atoms with Gasteiger partial charge in [0.25, 0.3) is 0 Å². The Labute approximate surface area is 48.7 Å². The number of hydrogen-bond donors (Lipinski definition) is 0. The topological polar surface area (TPSA) is 0 Å². The first kappa shape index (κ1) is 7.17. The van der Waals surface area contributed by atoms with Gasteiger partial charge in [0.05, 0.1) is 0 Å². The molecule has 0 aliphatic carbocycles. The van der Waals surface area contributed by atoms with Gasteiger partial charge in [-0.25, -0.2) is 0 Å². The van der Waals surface area contributed by atoms with Crippen molar-refractivity contribution in [3.8, 4) is 0 Å². The Morgan fingerprint density at radius 1 is 0.800 bits per heavy atom. The molecule has 0 saturated heterocycles. The molecule has 0 spiro atoms. The molecule has 0 bridgehead atoms. The average Bonchev–Trinajstić information content (AvgIpc) is 0.722. The van der Waals surface area contributed by atoms with Crippen LogP contribution in [0.15, 0.2) is 0 Å². The van der Waals surface area contributed by atoms with Crippen LogP contribution < -0.4 is 0 Å². The molecule has 0 unspecified atom stereocenters. The van der Waals surface area contributed by atoms with E-state index in [0.29, 0.717) is 0 Å². The van der Waals surface area contributed by atoms with Gasteiger partial charge in [0.1, 0.15) is 0 Å². The maximum absolute atomic E-state index is 5.05. The second kappa shape index (κ2) is 2.47. The van der Waals surface area contributed by atoms with Crippen molar-refractivity contribution in [3.63, 3.8) is 0 Å². The summed E-state index contributed by atoms with van der Waals surface area (Å²) < 4.78 is 0. The van der Waals surface area contributed by atoms with E-state index in [9.17, 15) is 0 Å². The molecule has 0 aliphatic heterocycles. The van der Waals surface area contributed by atoms with Crippen LogP contribution in [0.5, 0.6) is 0 Å². The van der Waals surface area contributed by atoms with Crippen LogP contribution in [0.4, 0.5) is 0 Å². The van der Waals surface area contributed by atoms with Gasteiger partial charge in [-0.1, -0.05) is 0 Å². The second-order valence-electron chi connectivity index (χ2n) is 0.383. The van der Waals surface area contributed by atoms with Gasteiger partial charge in [-0.15, -0.1) is 0 Å². The molecule has 0 radical (unpaired) electrons. The summed E-state index contributed by atoms with van der Waals surface area (Å²) >= 11 is -3.41.